The number of carbonyl (C=O) groups is 1. The van der Waals surface area contributed by atoms with Gasteiger partial charge in [0.15, 0.2) is 5.52 Å². The summed E-state index contributed by atoms with van der Waals surface area (Å²) in [7, 11) is 0. The molecule has 0 bridgehead atoms. The van der Waals surface area contributed by atoms with E-state index in [9.17, 15) is 9.59 Å². The van der Waals surface area contributed by atoms with E-state index in [0.29, 0.717) is 11.0 Å². The van der Waals surface area contributed by atoms with Crippen molar-refractivity contribution in [2.75, 3.05) is 0 Å². The number of nitrogens with zero attached hydrogens (tertiary/aromatic N) is 5. The highest BCUT2D eigenvalue weighted by atomic mass is 16.4. The zero-order valence-electron chi connectivity index (χ0n) is 14.4. The molecule has 2 N–H and O–H groups in total. The summed E-state index contributed by atoms with van der Waals surface area (Å²) in [5.41, 5.74) is 1.46. The fourth-order valence-corrected chi connectivity index (χ4v) is 3.08. The van der Waals surface area contributed by atoms with Crippen LogP contribution in [-0.2, 0) is 0 Å². The average Bonchev–Trinajstić information content (AvgIpc) is 3.31. The number of fused-ring (bicyclic) bond motifs is 1. The molecule has 0 fully saturated rings. The number of H-pyrrole nitrogens is 1. The van der Waals surface area contributed by atoms with Gasteiger partial charge in [0.1, 0.15) is 5.52 Å². The largest absolute Gasteiger partial charge is 0.478 e. The van der Waals surface area contributed by atoms with Crippen molar-refractivity contribution >= 4 is 17.0 Å². The summed E-state index contributed by atoms with van der Waals surface area (Å²) in [6.45, 7) is 2.03. The van der Waals surface area contributed by atoms with Crippen molar-refractivity contribution < 1.29 is 9.90 Å². The monoisotopic (exact) mass is 364 g/mol. The van der Waals surface area contributed by atoms with E-state index >= 15 is 0 Å². The SMILES string of the molecule is CC[C@@H](c1ccccc1)n1ncc2nc(-n3cc(C(=O)O)cn3)[nH]c(=O)c21. The van der Waals surface area contributed by atoms with Crippen LogP contribution in [0.25, 0.3) is 17.0 Å². The van der Waals surface area contributed by atoms with Crippen molar-refractivity contribution in [2.24, 2.45) is 0 Å². The fraction of sp³-hybridized carbons (Fsp3) is 0.167. The molecule has 0 aliphatic carbocycles. The van der Waals surface area contributed by atoms with Crippen molar-refractivity contribution in [1.82, 2.24) is 29.5 Å². The first kappa shape index (κ1) is 16.7. The number of hydrogen-bond acceptors (Lipinski definition) is 5. The molecule has 1 aromatic carbocycles. The second-order valence-electron chi connectivity index (χ2n) is 6.03. The number of nitrogens with one attached hydrogen (secondary N) is 1. The van der Waals surface area contributed by atoms with Crippen LogP contribution in [0.3, 0.4) is 0 Å². The van der Waals surface area contributed by atoms with Crippen LogP contribution in [0.2, 0.25) is 0 Å². The van der Waals surface area contributed by atoms with Crippen molar-refractivity contribution in [3.8, 4) is 5.95 Å². The summed E-state index contributed by atoms with van der Waals surface area (Å²) in [5, 5.41) is 17.3. The number of rotatable bonds is 5. The van der Waals surface area contributed by atoms with E-state index < -0.39 is 5.97 Å². The topological polar surface area (TPSA) is 119 Å². The molecule has 4 rings (SSSR count). The molecule has 0 aliphatic heterocycles. The first-order valence-corrected chi connectivity index (χ1v) is 8.39. The molecule has 136 valence electrons. The Labute approximate surface area is 152 Å². The lowest BCUT2D eigenvalue weighted by atomic mass is 10.0. The van der Waals surface area contributed by atoms with Crippen LogP contribution in [0.4, 0.5) is 0 Å². The summed E-state index contributed by atoms with van der Waals surface area (Å²) in [5.74, 6) is -0.974. The van der Waals surface area contributed by atoms with Crippen molar-refractivity contribution in [3.63, 3.8) is 0 Å². The van der Waals surface area contributed by atoms with Gasteiger partial charge in [-0.1, -0.05) is 37.3 Å². The molecular weight excluding hydrogens is 348 g/mol. The molecule has 0 saturated carbocycles. The van der Waals surface area contributed by atoms with Crippen molar-refractivity contribution in [3.05, 3.63) is 70.4 Å². The van der Waals surface area contributed by atoms with Gasteiger partial charge >= 0.3 is 5.97 Å². The molecule has 0 radical (unpaired) electrons. The third-order valence-corrected chi connectivity index (χ3v) is 4.36. The Kier molecular flexibility index (Phi) is 4.03. The normalized spacial score (nSPS) is 12.3. The van der Waals surface area contributed by atoms with Gasteiger partial charge in [0.2, 0.25) is 5.95 Å². The summed E-state index contributed by atoms with van der Waals surface area (Å²) in [4.78, 5) is 30.8. The summed E-state index contributed by atoms with van der Waals surface area (Å²) in [6, 6.07) is 9.72. The molecule has 0 saturated heterocycles. The summed E-state index contributed by atoms with van der Waals surface area (Å²) in [6.07, 6.45) is 4.76. The molecule has 3 aromatic heterocycles. The number of aromatic carboxylic acids is 1. The summed E-state index contributed by atoms with van der Waals surface area (Å²) >= 11 is 0. The molecule has 0 spiro atoms. The van der Waals surface area contributed by atoms with Gasteiger partial charge in [-0.3, -0.25) is 14.5 Å². The molecule has 9 nitrogen and oxygen atoms in total. The molecule has 1 atom stereocenters. The predicted octanol–water partition coefficient (Wildman–Crippen LogP) is 2.00. The minimum atomic E-state index is -1.11. The minimum absolute atomic E-state index is 0.00330. The second kappa shape index (κ2) is 6.52. The molecule has 4 aromatic rings. The molecule has 3 heterocycles. The van der Waals surface area contributed by atoms with Gasteiger partial charge in [0.05, 0.1) is 24.0 Å². The Morgan fingerprint density at radius 2 is 2.00 bits per heavy atom. The van der Waals surface area contributed by atoms with Gasteiger partial charge in [-0.25, -0.2) is 14.5 Å². The Hall–Kier alpha value is -3.75. The lowest BCUT2D eigenvalue weighted by Gasteiger charge is -2.16. The van der Waals surface area contributed by atoms with Gasteiger partial charge in [0, 0.05) is 6.20 Å². The smallest absolute Gasteiger partial charge is 0.338 e. The first-order chi connectivity index (χ1) is 13.1. The highest BCUT2D eigenvalue weighted by Gasteiger charge is 2.19. The number of carboxylic acids is 1. The van der Waals surface area contributed by atoms with Gasteiger partial charge in [-0.2, -0.15) is 10.2 Å². The highest BCUT2D eigenvalue weighted by molar-refractivity contribution is 5.87. The number of carboxylic acid groups (broad SMARTS) is 1. The zero-order valence-corrected chi connectivity index (χ0v) is 14.4. The van der Waals surface area contributed by atoms with Crippen LogP contribution in [0.1, 0.15) is 35.3 Å². The number of hydrogen-bond donors (Lipinski definition) is 2. The molecule has 9 heteroatoms. The third-order valence-electron chi connectivity index (χ3n) is 4.36. The number of aromatic amines is 1. The van der Waals surface area contributed by atoms with Crippen LogP contribution in [-0.4, -0.2) is 40.6 Å². The Morgan fingerprint density at radius 1 is 1.22 bits per heavy atom. The van der Waals surface area contributed by atoms with E-state index in [4.69, 9.17) is 5.11 Å². The van der Waals surface area contributed by atoms with Crippen molar-refractivity contribution in [1.29, 1.82) is 0 Å². The van der Waals surface area contributed by atoms with Gasteiger partial charge in [-0.15, -0.1) is 0 Å². The predicted molar refractivity (Wildman–Crippen MR) is 97.1 cm³/mol. The fourth-order valence-electron chi connectivity index (χ4n) is 3.08. The lowest BCUT2D eigenvalue weighted by Crippen LogP contribution is -2.19. The minimum Gasteiger partial charge on any atom is -0.478 e. The van der Waals surface area contributed by atoms with Crippen molar-refractivity contribution in [2.45, 2.75) is 19.4 Å². The quantitative estimate of drug-likeness (QED) is 0.559. The standard InChI is InChI=1S/C18H16N6O3/c1-2-14(11-6-4-3-5-7-11)24-15-13(9-20-24)21-18(22-16(15)25)23-10-12(8-19-23)17(26)27/h3-10,14H,2H2,1H3,(H,26,27)(H,21,22,25)/t14-/m0/s1. The Balaban J connectivity index is 1.82. The van der Waals surface area contributed by atoms with Crippen LogP contribution in [0.15, 0.2) is 53.7 Å². The zero-order chi connectivity index (χ0) is 19.0. The maximum atomic E-state index is 12.7. The van der Waals surface area contributed by atoms with Crippen LogP contribution >= 0.6 is 0 Å². The Morgan fingerprint density at radius 3 is 2.67 bits per heavy atom. The highest BCUT2D eigenvalue weighted by Crippen LogP contribution is 2.23. The molecule has 0 unspecified atom stereocenters. The first-order valence-electron chi connectivity index (χ1n) is 8.39. The number of benzene rings is 1. The molecular formula is C18H16N6O3. The van der Waals surface area contributed by atoms with Crippen LogP contribution < -0.4 is 5.56 Å². The van der Waals surface area contributed by atoms with E-state index in [1.807, 2.05) is 37.3 Å². The van der Waals surface area contributed by atoms with Gasteiger partial charge in [-0.05, 0) is 12.0 Å². The maximum absolute atomic E-state index is 12.7. The van der Waals surface area contributed by atoms with Crippen LogP contribution in [0.5, 0.6) is 0 Å². The molecule has 0 amide bonds. The Bertz CT molecular complexity index is 1170. The lowest BCUT2D eigenvalue weighted by molar-refractivity contribution is 0.0697. The van der Waals surface area contributed by atoms with E-state index in [1.165, 1.54) is 23.3 Å². The molecule has 27 heavy (non-hydrogen) atoms. The van der Waals surface area contributed by atoms with Gasteiger partial charge < -0.3 is 5.11 Å². The van der Waals surface area contributed by atoms with E-state index in [2.05, 4.69) is 20.2 Å². The third kappa shape index (κ3) is 2.88. The average molecular weight is 364 g/mol. The summed E-state index contributed by atoms with van der Waals surface area (Å²) < 4.78 is 2.89. The van der Waals surface area contributed by atoms with E-state index in [-0.39, 0.29) is 23.1 Å². The van der Waals surface area contributed by atoms with Crippen LogP contribution in [0, 0.1) is 0 Å². The van der Waals surface area contributed by atoms with E-state index in [1.54, 1.807) is 4.68 Å². The second-order valence-corrected chi connectivity index (χ2v) is 6.03. The molecule has 0 aliphatic rings. The maximum Gasteiger partial charge on any atom is 0.338 e. The van der Waals surface area contributed by atoms with E-state index in [0.717, 1.165) is 12.0 Å². The van der Waals surface area contributed by atoms with Gasteiger partial charge in [0.25, 0.3) is 5.56 Å². The number of aromatic nitrogens is 6.